The number of amides is 2. The highest BCUT2D eigenvalue weighted by atomic mass is 16.5. The molecule has 1 aliphatic heterocycles. The van der Waals surface area contributed by atoms with Gasteiger partial charge in [-0.1, -0.05) is 48.5 Å². The van der Waals surface area contributed by atoms with Crippen LogP contribution >= 0.6 is 0 Å². The predicted molar refractivity (Wildman–Crippen MR) is 112 cm³/mol. The summed E-state index contributed by atoms with van der Waals surface area (Å²) in [6, 6.07) is 16.2. The van der Waals surface area contributed by atoms with Gasteiger partial charge in [-0.3, -0.25) is 9.59 Å². The maximum Gasteiger partial charge on any atom is 0.407 e. The van der Waals surface area contributed by atoms with Gasteiger partial charge in [-0.2, -0.15) is 0 Å². The van der Waals surface area contributed by atoms with Crippen molar-refractivity contribution in [2.45, 2.75) is 18.4 Å². The topological polar surface area (TPSA) is 114 Å². The molecule has 162 valence electrons. The third-order valence-corrected chi connectivity index (χ3v) is 5.74. The first kappa shape index (κ1) is 20.9. The molecule has 2 amide bonds. The maximum absolute atomic E-state index is 12.3. The molecule has 0 bridgehead atoms. The van der Waals surface area contributed by atoms with Crippen LogP contribution in [-0.4, -0.2) is 55.5 Å². The molecule has 2 aliphatic rings. The van der Waals surface area contributed by atoms with Crippen molar-refractivity contribution in [3.8, 4) is 11.1 Å². The molecule has 2 aromatic carbocycles. The van der Waals surface area contributed by atoms with E-state index in [0.29, 0.717) is 13.0 Å². The largest absolute Gasteiger partial charge is 0.480 e. The van der Waals surface area contributed by atoms with Crippen molar-refractivity contribution < 1.29 is 29.0 Å². The standard InChI is InChI=1S/C23H24N2O6/c26-20(27)12-24-22(28)21-14(9-10-30-21)11-25-23(29)31-13-19-17-7-3-1-5-15(17)16-6-2-4-8-18(16)19/h1-8,14,19,21H,9-13H2,(H,24,28)(H,25,29)(H,26,27)/t14-,21-/m1/s1. The van der Waals surface area contributed by atoms with Crippen LogP contribution in [-0.2, 0) is 19.1 Å². The highest BCUT2D eigenvalue weighted by Crippen LogP contribution is 2.44. The van der Waals surface area contributed by atoms with E-state index in [1.807, 2.05) is 24.3 Å². The van der Waals surface area contributed by atoms with Crippen LogP contribution < -0.4 is 10.6 Å². The summed E-state index contributed by atoms with van der Waals surface area (Å²) in [4.78, 5) is 35.0. The molecule has 3 N–H and O–H groups in total. The van der Waals surface area contributed by atoms with Crippen LogP contribution in [0.25, 0.3) is 11.1 Å². The van der Waals surface area contributed by atoms with E-state index in [4.69, 9.17) is 14.6 Å². The molecule has 4 rings (SSSR count). The number of nitrogens with one attached hydrogen (secondary N) is 2. The summed E-state index contributed by atoms with van der Waals surface area (Å²) in [5.41, 5.74) is 4.59. The Kier molecular flexibility index (Phi) is 6.18. The number of ether oxygens (including phenoxy) is 2. The van der Waals surface area contributed by atoms with E-state index in [2.05, 4.69) is 34.9 Å². The Hall–Kier alpha value is -3.39. The summed E-state index contributed by atoms with van der Waals surface area (Å²) in [5, 5.41) is 13.7. The van der Waals surface area contributed by atoms with Crippen LogP contribution in [0.3, 0.4) is 0 Å². The van der Waals surface area contributed by atoms with Gasteiger partial charge in [-0.15, -0.1) is 0 Å². The van der Waals surface area contributed by atoms with Crippen molar-refractivity contribution in [3.63, 3.8) is 0 Å². The molecule has 8 nitrogen and oxygen atoms in total. The van der Waals surface area contributed by atoms with Crippen molar-refractivity contribution in [1.82, 2.24) is 10.6 Å². The minimum atomic E-state index is -1.13. The lowest BCUT2D eigenvalue weighted by Crippen LogP contribution is -2.43. The van der Waals surface area contributed by atoms with Crippen molar-refractivity contribution in [2.75, 3.05) is 26.3 Å². The number of fused-ring (bicyclic) bond motifs is 3. The van der Waals surface area contributed by atoms with Gasteiger partial charge in [0.2, 0.25) is 5.91 Å². The molecule has 0 saturated carbocycles. The number of benzene rings is 2. The molecule has 1 saturated heterocycles. The molecule has 0 unspecified atom stereocenters. The first-order valence-corrected chi connectivity index (χ1v) is 10.2. The second-order valence-electron chi connectivity index (χ2n) is 7.66. The second kappa shape index (κ2) is 9.18. The fourth-order valence-corrected chi connectivity index (χ4v) is 4.26. The molecule has 8 heteroatoms. The first-order chi connectivity index (χ1) is 15.0. The minimum Gasteiger partial charge on any atom is -0.480 e. The highest BCUT2D eigenvalue weighted by Gasteiger charge is 2.35. The Morgan fingerprint density at radius 3 is 2.29 bits per heavy atom. The summed E-state index contributed by atoms with van der Waals surface area (Å²) in [5.74, 6) is -1.88. The molecule has 0 radical (unpaired) electrons. The Labute approximate surface area is 179 Å². The van der Waals surface area contributed by atoms with E-state index in [-0.39, 0.29) is 25.0 Å². The Balaban J connectivity index is 1.31. The third kappa shape index (κ3) is 4.54. The smallest absolute Gasteiger partial charge is 0.407 e. The fourth-order valence-electron chi connectivity index (χ4n) is 4.26. The van der Waals surface area contributed by atoms with E-state index >= 15 is 0 Å². The molecule has 1 fully saturated rings. The number of carbonyl (C=O) groups excluding carboxylic acids is 2. The van der Waals surface area contributed by atoms with Crippen molar-refractivity contribution >= 4 is 18.0 Å². The van der Waals surface area contributed by atoms with Gasteiger partial charge >= 0.3 is 12.1 Å². The predicted octanol–water partition coefficient (Wildman–Crippen LogP) is 2.13. The zero-order chi connectivity index (χ0) is 21.8. The van der Waals surface area contributed by atoms with E-state index in [1.54, 1.807) is 0 Å². The molecule has 1 aliphatic carbocycles. The lowest BCUT2D eigenvalue weighted by atomic mass is 9.98. The monoisotopic (exact) mass is 424 g/mol. The number of alkyl carbamates (subject to hydrolysis) is 1. The Bertz CT molecular complexity index is 946. The summed E-state index contributed by atoms with van der Waals surface area (Å²) < 4.78 is 10.9. The molecule has 2 aromatic rings. The lowest BCUT2D eigenvalue weighted by Gasteiger charge is -2.19. The number of rotatable bonds is 7. The number of carboxylic acid groups (broad SMARTS) is 1. The van der Waals surface area contributed by atoms with Crippen LogP contribution in [0, 0.1) is 5.92 Å². The fraction of sp³-hybridized carbons (Fsp3) is 0.348. The van der Waals surface area contributed by atoms with Gasteiger partial charge in [0, 0.05) is 25.0 Å². The minimum absolute atomic E-state index is 0.0255. The quantitative estimate of drug-likeness (QED) is 0.628. The molecule has 1 heterocycles. The van der Waals surface area contributed by atoms with Gasteiger partial charge in [-0.05, 0) is 28.7 Å². The zero-order valence-corrected chi connectivity index (χ0v) is 16.9. The summed E-state index contributed by atoms with van der Waals surface area (Å²) in [6.07, 6.45) is -0.749. The number of aliphatic carboxylic acids is 1. The third-order valence-electron chi connectivity index (χ3n) is 5.74. The Morgan fingerprint density at radius 2 is 1.65 bits per heavy atom. The van der Waals surface area contributed by atoms with Gasteiger partial charge < -0.3 is 25.2 Å². The van der Waals surface area contributed by atoms with Gasteiger partial charge in [0.05, 0.1) is 0 Å². The summed E-state index contributed by atoms with van der Waals surface area (Å²) in [7, 11) is 0. The Morgan fingerprint density at radius 1 is 1.00 bits per heavy atom. The van der Waals surface area contributed by atoms with Crippen molar-refractivity contribution in [1.29, 1.82) is 0 Å². The van der Waals surface area contributed by atoms with E-state index < -0.39 is 30.6 Å². The maximum atomic E-state index is 12.3. The average molecular weight is 424 g/mol. The highest BCUT2D eigenvalue weighted by molar-refractivity contribution is 5.85. The molecular formula is C23H24N2O6. The van der Waals surface area contributed by atoms with Crippen molar-refractivity contribution in [2.24, 2.45) is 5.92 Å². The van der Waals surface area contributed by atoms with E-state index in [9.17, 15) is 14.4 Å². The number of hydrogen-bond acceptors (Lipinski definition) is 5. The van der Waals surface area contributed by atoms with Gasteiger partial charge in [0.15, 0.2) is 0 Å². The van der Waals surface area contributed by atoms with E-state index in [0.717, 1.165) is 22.3 Å². The summed E-state index contributed by atoms with van der Waals surface area (Å²) >= 11 is 0. The van der Waals surface area contributed by atoms with Crippen LogP contribution in [0.2, 0.25) is 0 Å². The first-order valence-electron chi connectivity index (χ1n) is 10.2. The van der Waals surface area contributed by atoms with Gasteiger partial charge in [0.25, 0.3) is 0 Å². The SMILES string of the molecule is O=C(O)CNC(=O)[C@@H]1OCC[C@@H]1CNC(=O)OCC1c2ccccc2-c2ccccc21. The van der Waals surface area contributed by atoms with Gasteiger partial charge in [0.1, 0.15) is 19.3 Å². The lowest BCUT2D eigenvalue weighted by molar-refractivity contribution is -0.140. The van der Waals surface area contributed by atoms with Crippen molar-refractivity contribution in [3.05, 3.63) is 59.7 Å². The van der Waals surface area contributed by atoms with Crippen LogP contribution in [0.15, 0.2) is 48.5 Å². The number of carboxylic acids is 1. The van der Waals surface area contributed by atoms with Crippen LogP contribution in [0.1, 0.15) is 23.5 Å². The summed E-state index contributed by atoms with van der Waals surface area (Å²) in [6.45, 7) is 0.332. The van der Waals surface area contributed by atoms with Gasteiger partial charge in [-0.25, -0.2) is 4.79 Å². The zero-order valence-electron chi connectivity index (χ0n) is 16.9. The molecule has 0 aromatic heterocycles. The normalized spacial score (nSPS) is 19.4. The second-order valence-corrected chi connectivity index (χ2v) is 7.66. The number of hydrogen-bond donors (Lipinski definition) is 3. The average Bonchev–Trinajstić information content (AvgIpc) is 3.37. The van der Waals surface area contributed by atoms with E-state index in [1.165, 1.54) is 0 Å². The van der Waals surface area contributed by atoms with Crippen LogP contribution in [0.4, 0.5) is 4.79 Å². The number of carbonyl (C=O) groups is 3. The molecule has 0 spiro atoms. The molecule has 2 atom stereocenters. The molecule has 31 heavy (non-hydrogen) atoms. The van der Waals surface area contributed by atoms with Crippen LogP contribution in [0.5, 0.6) is 0 Å². The molecular weight excluding hydrogens is 400 g/mol.